The normalized spacial score (nSPS) is 14.9. The lowest BCUT2D eigenvalue weighted by molar-refractivity contribution is -0.137. The standard InChI is InChI=1S/C19H20F3N3O2/c1-12-5-7-14(17(26)23-12)18(27)24-15-11-13(19(20,21)22)6-8-16(15)25-9-3-2-4-10-25/h5-8,11H,2-4,9-10H2,1H3,(H,23,26)(H,24,27). The Morgan fingerprint density at radius 1 is 1.11 bits per heavy atom. The molecule has 0 spiro atoms. The second-order valence-corrected chi connectivity index (χ2v) is 6.62. The van der Waals surface area contributed by atoms with E-state index in [0.29, 0.717) is 24.5 Å². The number of halogens is 3. The molecule has 8 heteroatoms. The Bertz CT molecular complexity index is 900. The number of nitrogens with zero attached hydrogens (tertiary/aromatic N) is 1. The Hall–Kier alpha value is -2.77. The van der Waals surface area contributed by atoms with Crippen LogP contribution < -0.4 is 15.8 Å². The van der Waals surface area contributed by atoms with Gasteiger partial charge in [-0.05, 0) is 56.5 Å². The molecule has 5 nitrogen and oxygen atoms in total. The molecule has 3 rings (SSSR count). The molecule has 0 saturated carbocycles. The molecule has 0 radical (unpaired) electrons. The van der Waals surface area contributed by atoms with Crippen LogP contribution in [0.2, 0.25) is 0 Å². The van der Waals surface area contributed by atoms with E-state index in [-0.39, 0.29) is 11.3 Å². The van der Waals surface area contributed by atoms with Crippen LogP contribution in [-0.4, -0.2) is 24.0 Å². The first-order valence-electron chi connectivity index (χ1n) is 8.73. The van der Waals surface area contributed by atoms with Gasteiger partial charge in [-0.1, -0.05) is 0 Å². The van der Waals surface area contributed by atoms with Gasteiger partial charge in [0.15, 0.2) is 0 Å². The average Bonchev–Trinajstić information content (AvgIpc) is 2.61. The zero-order valence-electron chi connectivity index (χ0n) is 14.8. The smallest absolute Gasteiger partial charge is 0.370 e. The first kappa shape index (κ1) is 19.0. The maximum atomic E-state index is 13.1. The number of piperidine rings is 1. The van der Waals surface area contributed by atoms with Gasteiger partial charge < -0.3 is 15.2 Å². The summed E-state index contributed by atoms with van der Waals surface area (Å²) in [4.78, 5) is 29.0. The van der Waals surface area contributed by atoms with Crippen molar-refractivity contribution in [2.75, 3.05) is 23.3 Å². The van der Waals surface area contributed by atoms with Gasteiger partial charge >= 0.3 is 6.18 Å². The van der Waals surface area contributed by atoms with Gasteiger partial charge in [-0.2, -0.15) is 13.2 Å². The third-order valence-corrected chi connectivity index (χ3v) is 4.57. The van der Waals surface area contributed by atoms with Crippen LogP contribution in [0.1, 0.15) is 40.9 Å². The summed E-state index contributed by atoms with van der Waals surface area (Å²) < 4.78 is 39.4. The molecule has 1 amide bonds. The Morgan fingerprint density at radius 2 is 1.81 bits per heavy atom. The summed E-state index contributed by atoms with van der Waals surface area (Å²) in [5.74, 6) is -0.742. The van der Waals surface area contributed by atoms with Crippen LogP contribution in [0, 0.1) is 6.92 Å². The number of hydrogen-bond acceptors (Lipinski definition) is 3. The van der Waals surface area contributed by atoms with Crippen LogP contribution >= 0.6 is 0 Å². The van der Waals surface area contributed by atoms with E-state index < -0.39 is 23.2 Å². The van der Waals surface area contributed by atoms with Crippen molar-refractivity contribution in [2.45, 2.75) is 32.4 Å². The number of rotatable bonds is 3. The number of amides is 1. The van der Waals surface area contributed by atoms with Gasteiger partial charge in [0.1, 0.15) is 5.56 Å². The summed E-state index contributed by atoms with van der Waals surface area (Å²) in [7, 11) is 0. The van der Waals surface area contributed by atoms with Crippen molar-refractivity contribution in [3.63, 3.8) is 0 Å². The van der Waals surface area contributed by atoms with Gasteiger partial charge in [0, 0.05) is 18.8 Å². The summed E-state index contributed by atoms with van der Waals surface area (Å²) in [6, 6.07) is 6.23. The Kier molecular flexibility index (Phi) is 5.25. The molecule has 1 saturated heterocycles. The van der Waals surface area contributed by atoms with Crippen molar-refractivity contribution >= 4 is 17.3 Å². The molecule has 27 heavy (non-hydrogen) atoms. The summed E-state index contributed by atoms with van der Waals surface area (Å²) in [6.07, 6.45) is -1.59. The second-order valence-electron chi connectivity index (χ2n) is 6.62. The number of nitrogens with one attached hydrogen (secondary N) is 2. The van der Waals surface area contributed by atoms with Crippen molar-refractivity contribution in [2.24, 2.45) is 0 Å². The number of hydrogen-bond donors (Lipinski definition) is 2. The molecule has 1 aromatic heterocycles. The fourth-order valence-electron chi connectivity index (χ4n) is 3.16. The molecule has 0 atom stereocenters. The Balaban J connectivity index is 1.97. The van der Waals surface area contributed by atoms with Gasteiger partial charge in [-0.15, -0.1) is 0 Å². The molecular weight excluding hydrogens is 359 g/mol. The van der Waals surface area contributed by atoms with E-state index in [9.17, 15) is 22.8 Å². The van der Waals surface area contributed by atoms with Crippen LogP contribution in [0.3, 0.4) is 0 Å². The lowest BCUT2D eigenvalue weighted by Gasteiger charge is -2.31. The molecule has 144 valence electrons. The lowest BCUT2D eigenvalue weighted by Crippen LogP contribution is -2.31. The van der Waals surface area contributed by atoms with Crippen molar-refractivity contribution in [1.82, 2.24) is 4.98 Å². The number of carbonyl (C=O) groups is 1. The predicted molar refractivity (Wildman–Crippen MR) is 97.3 cm³/mol. The van der Waals surface area contributed by atoms with E-state index in [1.807, 2.05) is 4.90 Å². The number of alkyl halides is 3. The molecule has 2 N–H and O–H groups in total. The van der Waals surface area contributed by atoms with Gasteiger partial charge in [-0.3, -0.25) is 9.59 Å². The fourth-order valence-corrected chi connectivity index (χ4v) is 3.16. The third-order valence-electron chi connectivity index (χ3n) is 4.57. The molecule has 2 aromatic rings. The Labute approximate surface area is 154 Å². The number of anilines is 2. The molecule has 0 aliphatic carbocycles. The van der Waals surface area contributed by atoms with E-state index in [2.05, 4.69) is 10.3 Å². The number of aryl methyl sites for hydroxylation is 1. The molecule has 2 heterocycles. The SMILES string of the molecule is Cc1ccc(C(=O)Nc2cc(C(F)(F)F)ccc2N2CCCCC2)c(=O)[nH]1. The average molecular weight is 379 g/mol. The monoisotopic (exact) mass is 379 g/mol. The number of aromatic amines is 1. The highest BCUT2D eigenvalue weighted by molar-refractivity contribution is 6.05. The summed E-state index contributed by atoms with van der Waals surface area (Å²) in [6.45, 7) is 3.09. The molecule has 1 aliphatic rings. The highest BCUT2D eigenvalue weighted by Gasteiger charge is 2.32. The van der Waals surface area contributed by atoms with Gasteiger partial charge in [0.05, 0.1) is 16.9 Å². The minimum atomic E-state index is -4.53. The maximum Gasteiger partial charge on any atom is 0.416 e. The second kappa shape index (κ2) is 7.46. The van der Waals surface area contributed by atoms with Crippen LogP contribution in [0.5, 0.6) is 0 Å². The van der Waals surface area contributed by atoms with E-state index in [1.165, 1.54) is 12.1 Å². The van der Waals surface area contributed by atoms with Crippen molar-refractivity contribution in [1.29, 1.82) is 0 Å². The highest BCUT2D eigenvalue weighted by atomic mass is 19.4. The summed E-state index contributed by atoms with van der Waals surface area (Å²) >= 11 is 0. The molecule has 1 aliphatic heterocycles. The number of H-pyrrole nitrogens is 1. The predicted octanol–water partition coefficient (Wildman–Crippen LogP) is 3.94. The summed E-state index contributed by atoms with van der Waals surface area (Å²) in [5.41, 5.74) is -0.418. The van der Waals surface area contributed by atoms with Crippen LogP contribution in [0.15, 0.2) is 35.1 Å². The number of aromatic nitrogens is 1. The quantitative estimate of drug-likeness (QED) is 0.849. The van der Waals surface area contributed by atoms with E-state index >= 15 is 0 Å². The highest BCUT2D eigenvalue weighted by Crippen LogP contribution is 2.36. The molecule has 1 fully saturated rings. The topological polar surface area (TPSA) is 65.2 Å². The Morgan fingerprint density at radius 3 is 2.44 bits per heavy atom. The summed E-state index contributed by atoms with van der Waals surface area (Å²) in [5, 5.41) is 2.50. The van der Waals surface area contributed by atoms with Gasteiger partial charge in [0.25, 0.3) is 11.5 Å². The maximum absolute atomic E-state index is 13.1. The van der Waals surface area contributed by atoms with Crippen molar-refractivity contribution < 1.29 is 18.0 Å². The lowest BCUT2D eigenvalue weighted by atomic mass is 10.1. The van der Waals surface area contributed by atoms with Crippen molar-refractivity contribution in [3.8, 4) is 0 Å². The fraction of sp³-hybridized carbons (Fsp3) is 0.368. The minimum Gasteiger partial charge on any atom is -0.370 e. The van der Waals surface area contributed by atoms with Gasteiger partial charge in [0.2, 0.25) is 0 Å². The van der Waals surface area contributed by atoms with E-state index in [0.717, 1.165) is 31.4 Å². The number of benzene rings is 1. The molecular formula is C19H20F3N3O2. The van der Waals surface area contributed by atoms with Crippen LogP contribution in [0.4, 0.5) is 24.5 Å². The first-order valence-corrected chi connectivity index (χ1v) is 8.73. The van der Waals surface area contributed by atoms with Crippen LogP contribution in [0.25, 0.3) is 0 Å². The van der Waals surface area contributed by atoms with E-state index in [4.69, 9.17) is 0 Å². The van der Waals surface area contributed by atoms with E-state index in [1.54, 1.807) is 13.0 Å². The van der Waals surface area contributed by atoms with Gasteiger partial charge in [-0.25, -0.2) is 0 Å². The minimum absolute atomic E-state index is 0.0525. The number of carbonyl (C=O) groups excluding carboxylic acids is 1. The number of pyridine rings is 1. The molecule has 1 aromatic carbocycles. The zero-order valence-corrected chi connectivity index (χ0v) is 14.8. The third kappa shape index (κ3) is 4.32. The van der Waals surface area contributed by atoms with Crippen LogP contribution in [-0.2, 0) is 6.18 Å². The molecule has 0 bridgehead atoms. The first-order chi connectivity index (χ1) is 12.8. The largest absolute Gasteiger partial charge is 0.416 e. The zero-order chi connectivity index (χ0) is 19.6. The molecule has 0 unspecified atom stereocenters. The van der Waals surface area contributed by atoms with Crippen molar-refractivity contribution in [3.05, 3.63) is 57.5 Å².